The van der Waals surface area contributed by atoms with Crippen LogP contribution in [-0.2, 0) is 14.6 Å². The van der Waals surface area contributed by atoms with Gasteiger partial charge in [0.25, 0.3) is 5.89 Å². The molecule has 0 atom stereocenters. The minimum absolute atomic E-state index is 0.0939. The molecular formula is C17H19N5O4S. The van der Waals surface area contributed by atoms with E-state index in [1.807, 2.05) is 13.8 Å². The molecular weight excluding hydrogens is 370 g/mol. The van der Waals surface area contributed by atoms with Gasteiger partial charge in [0.15, 0.2) is 9.84 Å². The largest absolute Gasteiger partial charge is 0.401 e. The van der Waals surface area contributed by atoms with Gasteiger partial charge >= 0.3 is 6.01 Å². The fourth-order valence-corrected chi connectivity index (χ4v) is 3.69. The second kappa shape index (κ2) is 7.70. The number of nitrogens with zero attached hydrogens (tertiary/aromatic N) is 4. The summed E-state index contributed by atoms with van der Waals surface area (Å²) >= 11 is 0. The van der Waals surface area contributed by atoms with E-state index in [0.29, 0.717) is 5.69 Å². The number of anilines is 1. The third-order valence-corrected chi connectivity index (χ3v) is 5.48. The van der Waals surface area contributed by atoms with Gasteiger partial charge in [-0.05, 0) is 32.0 Å². The first-order chi connectivity index (χ1) is 12.9. The van der Waals surface area contributed by atoms with Crippen molar-refractivity contribution in [3.63, 3.8) is 0 Å². The Balaban J connectivity index is 1.62. The molecule has 0 bridgehead atoms. The summed E-state index contributed by atoms with van der Waals surface area (Å²) in [5.41, 5.74) is 0.629. The van der Waals surface area contributed by atoms with Crippen LogP contribution in [0.4, 0.5) is 6.01 Å². The van der Waals surface area contributed by atoms with Gasteiger partial charge in [-0.15, -0.1) is 5.10 Å². The molecule has 0 radical (unpaired) electrons. The molecule has 0 aliphatic rings. The highest BCUT2D eigenvalue weighted by molar-refractivity contribution is 7.91. The van der Waals surface area contributed by atoms with Gasteiger partial charge in [-0.2, -0.15) is 5.10 Å². The van der Waals surface area contributed by atoms with Gasteiger partial charge in [-0.1, -0.05) is 23.3 Å². The summed E-state index contributed by atoms with van der Waals surface area (Å²) in [4.78, 5) is 12.2. The number of sulfone groups is 1. The molecule has 142 valence electrons. The van der Waals surface area contributed by atoms with E-state index in [-0.39, 0.29) is 35.0 Å². The van der Waals surface area contributed by atoms with Gasteiger partial charge in [-0.25, -0.2) is 8.42 Å². The molecule has 2 heterocycles. The standard InChI is InChI=1S/C17H19N5O4S/c1-12(2)22-14(8-10-18-22)16-20-21-17(26-16)19-15(23)9-11-27(24,25)13-6-4-3-5-7-13/h3-8,10,12H,9,11H2,1-2H3,(H,19,21,23). The SMILES string of the molecule is CC(C)n1nccc1-c1nnc(NC(=O)CCS(=O)(=O)c2ccccc2)o1. The summed E-state index contributed by atoms with van der Waals surface area (Å²) in [5.74, 6) is -0.625. The van der Waals surface area contributed by atoms with E-state index in [1.54, 1.807) is 35.1 Å². The number of aromatic nitrogens is 4. The number of carbonyl (C=O) groups is 1. The molecule has 3 aromatic rings. The van der Waals surface area contributed by atoms with Crippen molar-refractivity contribution in [3.05, 3.63) is 42.6 Å². The Labute approximate surface area is 156 Å². The zero-order valence-electron chi connectivity index (χ0n) is 14.9. The molecule has 1 N–H and O–H groups in total. The van der Waals surface area contributed by atoms with Crippen LogP contribution in [0.25, 0.3) is 11.6 Å². The molecule has 3 rings (SSSR count). The van der Waals surface area contributed by atoms with Gasteiger partial charge in [0.05, 0.1) is 10.6 Å². The van der Waals surface area contributed by atoms with E-state index >= 15 is 0 Å². The molecule has 0 aliphatic carbocycles. The van der Waals surface area contributed by atoms with E-state index in [1.165, 1.54) is 12.1 Å². The lowest BCUT2D eigenvalue weighted by Gasteiger charge is -2.07. The van der Waals surface area contributed by atoms with Crippen LogP contribution < -0.4 is 5.32 Å². The van der Waals surface area contributed by atoms with Crippen LogP contribution in [0.3, 0.4) is 0 Å². The average Bonchev–Trinajstić information content (AvgIpc) is 3.30. The van der Waals surface area contributed by atoms with Crippen molar-refractivity contribution in [2.75, 3.05) is 11.1 Å². The zero-order chi connectivity index (χ0) is 19.4. The van der Waals surface area contributed by atoms with Crippen LogP contribution in [0.2, 0.25) is 0 Å². The molecule has 10 heteroatoms. The highest BCUT2D eigenvalue weighted by Gasteiger charge is 2.19. The maximum absolute atomic E-state index is 12.2. The number of benzene rings is 1. The predicted octanol–water partition coefficient (Wildman–Crippen LogP) is 2.32. The smallest absolute Gasteiger partial charge is 0.322 e. The fraction of sp³-hybridized carbons (Fsp3) is 0.294. The third-order valence-electron chi connectivity index (χ3n) is 3.75. The number of rotatable bonds is 7. The van der Waals surface area contributed by atoms with Crippen LogP contribution >= 0.6 is 0 Å². The predicted molar refractivity (Wildman–Crippen MR) is 97.6 cm³/mol. The number of hydrogen-bond donors (Lipinski definition) is 1. The quantitative estimate of drug-likeness (QED) is 0.658. The molecule has 1 amide bonds. The van der Waals surface area contributed by atoms with E-state index in [0.717, 1.165) is 0 Å². The number of nitrogens with one attached hydrogen (secondary N) is 1. The Morgan fingerprint density at radius 2 is 1.93 bits per heavy atom. The Hall–Kier alpha value is -3.01. The lowest BCUT2D eigenvalue weighted by molar-refractivity contribution is -0.115. The number of hydrogen-bond acceptors (Lipinski definition) is 7. The van der Waals surface area contributed by atoms with Crippen LogP contribution in [0.15, 0.2) is 51.9 Å². The van der Waals surface area contributed by atoms with E-state index in [9.17, 15) is 13.2 Å². The highest BCUT2D eigenvalue weighted by Crippen LogP contribution is 2.22. The fourth-order valence-electron chi connectivity index (χ4n) is 2.43. The summed E-state index contributed by atoms with van der Waals surface area (Å²) in [7, 11) is -3.53. The maximum Gasteiger partial charge on any atom is 0.322 e. The lowest BCUT2D eigenvalue weighted by atomic mass is 10.3. The summed E-state index contributed by atoms with van der Waals surface area (Å²) in [6.07, 6.45) is 1.39. The van der Waals surface area contributed by atoms with Gasteiger partial charge in [-0.3, -0.25) is 14.8 Å². The molecule has 1 aromatic carbocycles. The first-order valence-electron chi connectivity index (χ1n) is 8.32. The summed E-state index contributed by atoms with van der Waals surface area (Å²) in [5, 5.41) is 14.3. The van der Waals surface area contributed by atoms with Crippen LogP contribution in [0.5, 0.6) is 0 Å². The summed E-state index contributed by atoms with van der Waals surface area (Å²) in [6, 6.07) is 9.72. The van der Waals surface area contributed by atoms with Crippen LogP contribution in [0.1, 0.15) is 26.3 Å². The first-order valence-corrected chi connectivity index (χ1v) is 9.97. The summed E-state index contributed by atoms with van der Waals surface area (Å²) in [6.45, 7) is 3.92. The molecule has 0 unspecified atom stereocenters. The van der Waals surface area contributed by atoms with Crippen molar-refractivity contribution in [3.8, 4) is 11.6 Å². The molecule has 0 fully saturated rings. The Bertz CT molecular complexity index is 1020. The zero-order valence-corrected chi connectivity index (χ0v) is 15.7. The summed E-state index contributed by atoms with van der Waals surface area (Å²) < 4.78 is 31.6. The molecule has 0 saturated carbocycles. The van der Waals surface area contributed by atoms with Crippen molar-refractivity contribution in [1.29, 1.82) is 0 Å². The molecule has 27 heavy (non-hydrogen) atoms. The molecule has 0 spiro atoms. The van der Waals surface area contributed by atoms with Crippen molar-refractivity contribution in [2.24, 2.45) is 0 Å². The molecule has 0 aliphatic heterocycles. The van der Waals surface area contributed by atoms with Crippen LogP contribution in [-0.4, -0.2) is 40.1 Å². The van der Waals surface area contributed by atoms with E-state index in [2.05, 4.69) is 20.6 Å². The molecule has 2 aromatic heterocycles. The second-order valence-electron chi connectivity index (χ2n) is 6.10. The number of carbonyl (C=O) groups excluding carboxylic acids is 1. The normalized spacial score (nSPS) is 11.7. The Morgan fingerprint density at radius 3 is 2.63 bits per heavy atom. The van der Waals surface area contributed by atoms with Crippen molar-refractivity contribution < 1.29 is 17.6 Å². The lowest BCUT2D eigenvalue weighted by Crippen LogP contribution is -2.17. The van der Waals surface area contributed by atoms with Crippen molar-refractivity contribution in [2.45, 2.75) is 31.2 Å². The van der Waals surface area contributed by atoms with Crippen molar-refractivity contribution in [1.82, 2.24) is 20.0 Å². The number of amides is 1. The minimum Gasteiger partial charge on any atom is -0.401 e. The van der Waals surface area contributed by atoms with Crippen LogP contribution in [0, 0.1) is 0 Å². The van der Waals surface area contributed by atoms with Gasteiger partial charge < -0.3 is 4.42 Å². The van der Waals surface area contributed by atoms with Gasteiger partial charge in [0.1, 0.15) is 5.69 Å². The molecule has 0 saturated heterocycles. The third kappa shape index (κ3) is 4.40. The maximum atomic E-state index is 12.2. The Kier molecular flexibility index (Phi) is 5.36. The second-order valence-corrected chi connectivity index (χ2v) is 8.21. The van der Waals surface area contributed by atoms with E-state index < -0.39 is 15.7 Å². The Morgan fingerprint density at radius 1 is 1.19 bits per heavy atom. The monoisotopic (exact) mass is 389 g/mol. The topological polar surface area (TPSA) is 120 Å². The molecule has 9 nitrogen and oxygen atoms in total. The van der Waals surface area contributed by atoms with Crippen molar-refractivity contribution >= 4 is 21.8 Å². The highest BCUT2D eigenvalue weighted by atomic mass is 32.2. The van der Waals surface area contributed by atoms with E-state index in [4.69, 9.17) is 4.42 Å². The van der Waals surface area contributed by atoms with Gasteiger partial charge in [0, 0.05) is 18.7 Å². The first kappa shape index (κ1) is 18.8. The average molecular weight is 389 g/mol. The van der Waals surface area contributed by atoms with Gasteiger partial charge in [0.2, 0.25) is 5.91 Å². The minimum atomic E-state index is -3.53.